The van der Waals surface area contributed by atoms with Gasteiger partial charge in [-0.25, -0.2) is 4.39 Å². The van der Waals surface area contributed by atoms with Crippen LogP contribution >= 0.6 is 11.6 Å². The summed E-state index contributed by atoms with van der Waals surface area (Å²) in [6.45, 7) is 0. The maximum absolute atomic E-state index is 12.8. The summed E-state index contributed by atoms with van der Waals surface area (Å²) in [6, 6.07) is 7.69. The molecule has 2 nitrogen and oxygen atoms in total. The number of rotatable bonds is 5. The molecule has 0 aliphatic rings. The van der Waals surface area contributed by atoms with E-state index in [2.05, 4.69) is 0 Å². The van der Waals surface area contributed by atoms with Crippen LogP contribution in [0.25, 0.3) is 0 Å². The Morgan fingerprint density at radius 3 is 2.83 bits per heavy atom. The van der Waals surface area contributed by atoms with Crippen molar-refractivity contribution in [2.75, 3.05) is 0 Å². The lowest BCUT2D eigenvalue weighted by atomic mass is 10.0. The van der Waals surface area contributed by atoms with Gasteiger partial charge in [0, 0.05) is 24.3 Å². The topological polar surface area (TPSA) is 30.2 Å². The van der Waals surface area contributed by atoms with Gasteiger partial charge in [-0.15, -0.1) is 0 Å². The van der Waals surface area contributed by atoms with Crippen LogP contribution in [0.4, 0.5) is 4.39 Å². The highest BCUT2D eigenvalue weighted by Gasteiger charge is 2.09. The molecule has 0 fully saturated rings. The molecule has 0 spiro atoms. The molecule has 0 amide bonds. The highest BCUT2D eigenvalue weighted by Crippen LogP contribution is 2.18. The van der Waals surface area contributed by atoms with Crippen molar-refractivity contribution in [3.05, 3.63) is 58.8 Å². The normalized spacial score (nSPS) is 10.6. The van der Waals surface area contributed by atoms with E-state index in [1.807, 2.05) is 6.07 Å². The largest absolute Gasteiger partial charge is 0.469 e. The second-order valence-electron chi connectivity index (χ2n) is 4.03. The minimum atomic E-state index is -0.396. The van der Waals surface area contributed by atoms with Gasteiger partial charge in [0.25, 0.3) is 0 Å². The highest BCUT2D eigenvalue weighted by atomic mass is 35.5. The number of carbonyl (C=O) groups excluding carboxylic acids is 1. The van der Waals surface area contributed by atoms with Gasteiger partial charge in [0.15, 0.2) is 0 Å². The second-order valence-corrected chi connectivity index (χ2v) is 4.44. The first kappa shape index (κ1) is 12.8. The maximum Gasteiger partial charge on any atom is 0.137 e. The molecule has 0 N–H and O–H groups in total. The van der Waals surface area contributed by atoms with Crippen LogP contribution < -0.4 is 0 Å². The van der Waals surface area contributed by atoms with E-state index < -0.39 is 5.82 Å². The molecule has 0 saturated carbocycles. The standard InChI is InChI=1S/C14H12ClFO2/c15-14-9-11(16)4-3-10(14)8-12(17)5-6-13-2-1-7-18-13/h1-4,7,9H,5-6,8H2. The van der Waals surface area contributed by atoms with Crippen LogP contribution in [0.3, 0.4) is 0 Å². The average molecular weight is 267 g/mol. The van der Waals surface area contributed by atoms with Crippen LogP contribution in [0.2, 0.25) is 5.02 Å². The van der Waals surface area contributed by atoms with Gasteiger partial charge < -0.3 is 4.42 Å². The molecule has 2 aromatic rings. The minimum absolute atomic E-state index is 0.0555. The molecule has 1 aromatic carbocycles. The van der Waals surface area contributed by atoms with Crippen LogP contribution in [-0.4, -0.2) is 5.78 Å². The summed E-state index contributed by atoms with van der Waals surface area (Å²) in [6.07, 6.45) is 2.77. The monoisotopic (exact) mass is 266 g/mol. The van der Waals surface area contributed by atoms with E-state index in [1.54, 1.807) is 18.4 Å². The number of halogens is 2. The van der Waals surface area contributed by atoms with Crippen molar-refractivity contribution in [1.29, 1.82) is 0 Å². The Hall–Kier alpha value is -1.61. The Morgan fingerprint density at radius 1 is 1.33 bits per heavy atom. The smallest absolute Gasteiger partial charge is 0.137 e. The van der Waals surface area contributed by atoms with Gasteiger partial charge in [0.1, 0.15) is 17.4 Å². The molecule has 0 aliphatic heterocycles. The fraction of sp³-hybridized carbons (Fsp3) is 0.214. The molecule has 18 heavy (non-hydrogen) atoms. The summed E-state index contributed by atoms with van der Waals surface area (Å²) >= 11 is 5.86. The zero-order chi connectivity index (χ0) is 13.0. The van der Waals surface area contributed by atoms with Crippen molar-refractivity contribution in [2.24, 2.45) is 0 Å². The number of Topliss-reactive ketones (excluding diaryl/α,β-unsaturated/α-hetero) is 1. The zero-order valence-electron chi connectivity index (χ0n) is 9.66. The van der Waals surface area contributed by atoms with Crippen LogP contribution in [0.5, 0.6) is 0 Å². The molecule has 0 saturated heterocycles. The first-order valence-corrected chi connectivity index (χ1v) is 6.01. The Morgan fingerprint density at radius 2 is 2.17 bits per heavy atom. The molecule has 94 valence electrons. The lowest BCUT2D eigenvalue weighted by Gasteiger charge is -2.03. The van der Waals surface area contributed by atoms with Crippen LogP contribution in [0.15, 0.2) is 41.0 Å². The third kappa shape index (κ3) is 3.44. The van der Waals surface area contributed by atoms with Gasteiger partial charge in [-0.05, 0) is 29.8 Å². The van der Waals surface area contributed by atoms with Crippen molar-refractivity contribution in [1.82, 2.24) is 0 Å². The summed E-state index contributed by atoms with van der Waals surface area (Å²) in [5, 5.41) is 0.293. The van der Waals surface area contributed by atoms with Gasteiger partial charge >= 0.3 is 0 Å². The molecular formula is C14H12ClFO2. The van der Waals surface area contributed by atoms with Crippen molar-refractivity contribution in [3.63, 3.8) is 0 Å². The van der Waals surface area contributed by atoms with E-state index >= 15 is 0 Å². The number of carbonyl (C=O) groups is 1. The molecule has 1 aromatic heterocycles. The highest BCUT2D eigenvalue weighted by molar-refractivity contribution is 6.31. The maximum atomic E-state index is 12.8. The number of benzene rings is 1. The molecular weight excluding hydrogens is 255 g/mol. The van der Waals surface area contributed by atoms with E-state index in [9.17, 15) is 9.18 Å². The fourth-order valence-electron chi connectivity index (χ4n) is 1.68. The van der Waals surface area contributed by atoms with Gasteiger partial charge in [-0.2, -0.15) is 0 Å². The van der Waals surface area contributed by atoms with E-state index in [0.717, 1.165) is 5.76 Å². The second kappa shape index (κ2) is 5.83. The summed E-state index contributed by atoms with van der Waals surface area (Å²) in [5.41, 5.74) is 0.655. The molecule has 2 rings (SSSR count). The fourth-order valence-corrected chi connectivity index (χ4v) is 1.92. The number of hydrogen-bond donors (Lipinski definition) is 0. The Balaban J connectivity index is 1.91. The first-order chi connectivity index (χ1) is 8.65. The lowest BCUT2D eigenvalue weighted by Crippen LogP contribution is -2.04. The molecule has 0 aliphatic carbocycles. The summed E-state index contributed by atoms with van der Waals surface area (Å²) in [7, 11) is 0. The predicted molar refractivity (Wildman–Crippen MR) is 67.2 cm³/mol. The molecule has 0 unspecified atom stereocenters. The van der Waals surface area contributed by atoms with E-state index in [1.165, 1.54) is 12.1 Å². The van der Waals surface area contributed by atoms with Crippen molar-refractivity contribution in [3.8, 4) is 0 Å². The zero-order valence-corrected chi connectivity index (χ0v) is 10.4. The molecule has 0 atom stereocenters. The summed E-state index contributed by atoms with van der Waals surface area (Å²) in [4.78, 5) is 11.8. The lowest BCUT2D eigenvalue weighted by molar-refractivity contribution is -0.118. The third-order valence-corrected chi connectivity index (χ3v) is 2.98. The summed E-state index contributed by atoms with van der Waals surface area (Å²) < 4.78 is 18.0. The van der Waals surface area contributed by atoms with E-state index in [4.69, 9.17) is 16.0 Å². The Kier molecular flexibility index (Phi) is 4.15. The van der Waals surface area contributed by atoms with Crippen molar-refractivity contribution < 1.29 is 13.6 Å². The van der Waals surface area contributed by atoms with Crippen molar-refractivity contribution >= 4 is 17.4 Å². The van der Waals surface area contributed by atoms with Gasteiger partial charge in [-0.1, -0.05) is 17.7 Å². The van der Waals surface area contributed by atoms with Crippen LogP contribution in [0.1, 0.15) is 17.7 Å². The third-order valence-electron chi connectivity index (χ3n) is 2.63. The SMILES string of the molecule is O=C(CCc1ccco1)Cc1ccc(F)cc1Cl. The number of aryl methyl sites for hydroxylation is 1. The van der Waals surface area contributed by atoms with E-state index in [-0.39, 0.29) is 12.2 Å². The first-order valence-electron chi connectivity index (χ1n) is 5.63. The van der Waals surface area contributed by atoms with Gasteiger partial charge in [0.05, 0.1) is 6.26 Å². The number of hydrogen-bond acceptors (Lipinski definition) is 2. The Bertz CT molecular complexity index is 535. The summed E-state index contributed by atoms with van der Waals surface area (Å²) in [5.74, 6) is 0.445. The minimum Gasteiger partial charge on any atom is -0.469 e. The molecule has 0 radical (unpaired) electrons. The number of furan rings is 1. The molecule has 0 bridgehead atoms. The van der Waals surface area contributed by atoms with Gasteiger partial charge in [0.2, 0.25) is 0 Å². The predicted octanol–water partition coefficient (Wildman–Crippen LogP) is 3.82. The molecule has 4 heteroatoms. The number of ketones is 1. The van der Waals surface area contributed by atoms with Crippen LogP contribution in [-0.2, 0) is 17.6 Å². The van der Waals surface area contributed by atoms with Gasteiger partial charge in [-0.3, -0.25) is 4.79 Å². The quantitative estimate of drug-likeness (QED) is 0.824. The average Bonchev–Trinajstić information content (AvgIpc) is 2.83. The molecule has 1 heterocycles. The van der Waals surface area contributed by atoms with Crippen LogP contribution in [0, 0.1) is 5.82 Å². The van der Waals surface area contributed by atoms with E-state index in [0.29, 0.717) is 23.4 Å². The Labute approximate surface area is 109 Å². The van der Waals surface area contributed by atoms with Crippen molar-refractivity contribution in [2.45, 2.75) is 19.3 Å².